The number of rotatable bonds is 5. The lowest BCUT2D eigenvalue weighted by Gasteiger charge is -2.10. The summed E-state index contributed by atoms with van der Waals surface area (Å²) in [4.78, 5) is 6.81. The van der Waals surface area contributed by atoms with E-state index in [4.69, 9.17) is 4.74 Å². The third-order valence-electron chi connectivity index (χ3n) is 4.67. The van der Waals surface area contributed by atoms with Gasteiger partial charge in [0.2, 0.25) is 0 Å². The fourth-order valence-corrected chi connectivity index (χ4v) is 5.01. The number of fused-ring (bicyclic) bond motifs is 2. The molecule has 3 aromatic rings. The highest BCUT2D eigenvalue weighted by atomic mass is 32.2. The zero-order valence-electron chi connectivity index (χ0n) is 14.8. The van der Waals surface area contributed by atoms with Crippen molar-refractivity contribution in [3.8, 4) is 5.75 Å². The van der Waals surface area contributed by atoms with Crippen molar-refractivity contribution in [2.75, 3.05) is 27.2 Å². The van der Waals surface area contributed by atoms with E-state index in [2.05, 4.69) is 9.88 Å². The summed E-state index contributed by atoms with van der Waals surface area (Å²) >= 11 is 0. The van der Waals surface area contributed by atoms with E-state index in [-0.39, 0.29) is 0 Å². The number of ether oxygens (including phenoxy) is 1. The number of benzene rings is 1. The molecule has 0 saturated heterocycles. The second-order valence-electron chi connectivity index (χ2n) is 6.71. The predicted molar refractivity (Wildman–Crippen MR) is 100 cm³/mol. The van der Waals surface area contributed by atoms with E-state index >= 15 is 0 Å². The topological polar surface area (TPSA) is 64.4 Å². The maximum absolute atomic E-state index is 13.4. The molecule has 7 heteroatoms. The zero-order chi connectivity index (χ0) is 18.3. The Balaban J connectivity index is 1.88. The van der Waals surface area contributed by atoms with Crippen LogP contribution in [-0.2, 0) is 22.9 Å². The van der Waals surface area contributed by atoms with Crippen molar-refractivity contribution in [3.63, 3.8) is 0 Å². The molecule has 2 aromatic heterocycles. The van der Waals surface area contributed by atoms with Crippen LogP contribution in [0, 0.1) is 0 Å². The van der Waals surface area contributed by atoms with Gasteiger partial charge in [-0.2, -0.15) is 0 Å². The second kappa shape index (κ2) is 6.41. The molecule has 1 aliphatic heterocycles. The summed E-state index contributed by atoms with van der Waals surface area (Å²) in [5.41, 5.74) is 3.04. The van der Waals surface area contributed by atoms with Crippen molar-refractivity contribution in [1.82, 2.24) is 13.9 Å². The number of aromatic nitrogens is 2. The van der Waals surface area contributed by atoms with E-state index < -0.39 is 10.0 Å². The molecule has 0 N–H and O–H groups in total. The second-order valence-corrected chi connectivity index (χ2v) is 8.49. The van der Waals surface area contributed by atoms with Crippen LogP contribution in [0.4, 0.5) is 0 Å². The van der Waals surface area contributed by atoms with Gasteiger partial charge in [0, 0.05) is 30.9 Å². The average Bonchev–Trinajstić information content (AvgIpc) is 3.24. The van der Waals surface area contributed by atoms with Gasteiger partial charge in [0.25, 0.3) is 10.0 Å². The highest BCUT2D eigenvalue weighted by molar-refractivity contribution is 7.90. The summed E-state index contributed by atoms with van der Waals surface area (Å²) in [5, 5.41) is 0. The molecule has 0 atom stereocenters. The van der Waals surface area contributed by atoms with Gasteiger partial charge in [0.05, 0.1) is 22.5 Å². The molecular formula is C19H21N3O3S. The Morgan fingerprint density at radius 3 is 2.88 bits per heavy atom. The first-order chi connectivity index (χ1) is 12.5. The lowest BCUT2D eigenvalue weighted by atomic mass is 10.2. The summed E-state index contributed by atoms with van der Waals surface area (Å²) in [5.74, 6) is 0.661. The molecule has 6 nitrogen and oxygen atoms in total. The number of nitrogens with zero attached hydrogens (tertiary/aromatic N) is 3. The summed E-state index contributed by atoms with van der Waals surface area (Å²) in [6.07, 6.45) is 4.76. The zero-order valence-corrected chi connectivity index (χ0v) is 15.7. The monoisotopic (exact) mass is 371 g/mol. The van der Waals surface area contributed by atoms with Gasteiger partial charge < -0.3 is 9.64 Å². The Hall–Kier alpha value is -2.38. The molecule has 0 aliphatic carbocycles. The molecule has 136 valence electrons. The van der Waals surface area contributed by atoms with Gasteiger partial charge in [-0.1, -0.05) is 6.07 Å². The summed E-state index contributed by atoms with van der Waals surface area (Å²) in [6, 6.07) is 8.78. The van der Waals surface area contributed by atoms with Gasteiger partial charge in [-0.15, -0.1) is 0 Å². The van der Waals surface area contributed by atoms with Crippen LogP contribution < -0.4 is 4.74 Å². The highest BCUT2D eigenvalue weighted by Gasteiger charge is 2.28. The molecule has 1 aromatic carbocycles. The normalized spacial score (nSPS) is 14.0. The third-order valence-corrected chi connectivity index (χ3v) is 6.42. The largest absolute Gasteiger partial charge is 0.493 e. The first kappa shape index (κ1) is 17.1. The van der Waals surface area contributed by atoms with Gasteiger partial charge in [0.1, 0.15) is 5.75 Å². The average molecular weight is 371 g/mol. The van der Waals surface area contributed by atoms with Crippen LogP contribution in [0.25, 0.3) is 11.0 Å². The molecule has 26 heavy (non-hydrogen) atoms. The molecule has 0 bridgehead atoms. The first-order valence-electron chi connectivity index (χ1n) is 8.58. The minimum atomic E-state index is -3.73. The molecule has 0 radical (unpaired) electrons. The van der Waals surface area contributed by atoms with Crippen molar-refractivity contribution >= 4 is 21.1 Å². The van der Waals surface area contributed by atoms with Crippen molar-refractivity contribution in [1.29, 1.82) is 0 Å². The van der Waals surface area contributed by atoms with E-state index in [1.165, 1.54) is 3.97 Å². The molecule has 1 aliphatic rings. The minimum Gasteiger partial charge on any atom is -0.493 e. The van der Waals surface area contributed by atoms with Crippen molar-refractivity contribution in [2.24, 2.45) is 0 Å². The van der Waals surface area contributed by atoms with Crippen molar-refractivity contribution in [3.05, 3.63) is 53.9 Å². The highest BCUT2D eigenvalue weighted by Crippen LogP contribution is 2.33. The lowest BCUT2D eigenvalue weighted by Crippen LogP contribution is -2.15. The lowest BCUT2D eigenvalue weighted by molar-refractivity contribution is 0.357. The molecular weight excluding hydrogens is 350 g/mol. The van der Waals surface area contributed by atoms with Gasteiger partial charge in [-0.3, -0.25) is 4.98 Å². The SMILES string of the molecule is CN(C)CCc1cn(S(=O)(=O)c2cccc3c2CCO3)c2cccnc12. The smallest absolute Gasteiger partial charge is 0.268 e. The van der Waals surface area contributed by atoms with Gasteiger partial charge in [-0.05, 0) is 50.3 Å². The molecule has 3 heterocycles. The van der Waals surface area contributed by atoms with E-state index in [1.54, 1.807) is 36.7 Å². The Kier molecular flexibility index (Phi) is 4.20. The van der Waals surface area contributed by atoms with E-state index in [1.807, 2.05) is 20.2 Å². The van der Waals surface area contributed by atoms with Crippen LogP contribution >= 0.6 is 0 Å². The maximum Gasteiger partial charge on any atom is 0.268 e. The van der Waals surface area contributed by atoms with Crippen LogP contribution in [0.1, 0.15) is 11.1 Å². The minimum absolute atomic E-state index is 0.312. The molecule has 0 fully saturated rings. The van der Waals surface area contributed by atoms with E-state index in [0.29, 0.717) is 29.2 Å². The van der Waals surface area contributed by atoms with Crippen LogP contribution in [0.5, 0.6) is 5.75 Å². The Bertz CT molecular complexity index is 1070. The number of pyridine rings is 1. The van der Waals surface area contributed by atoms with Crippen LogP contribution in [0.2, 0.25) is 0 Å². The van der Waals surface area contributed by atoms with E-state index in [9.17, 15) is 8.42 Å². The standard InChI is InChI=1S/C19H21N3O3S/c1-21(2)11-8-14-13-22(16-5-4-10-20-19(14)16)26(23,24)18-7-3-6-17-15(18)9-12-25-17/h3-7,10,13H,8-9,11-12H2,1-2H3. The molecule has 0 spiro atoms. The molecule has 0 amide bonds. The van der Waals surface area contributed by atoms with E-state index in [0.717, 1.165) is 29.6 Å². The van der Waals surface area contributed by atoms with Crippen molar-refractivity contribution < 1.29 is 13.2 Å². The Labute approximate surface area is 153 Å². The van der Waals surface area contributed by atoms with Gasteiger partial charge in [-0.25, -0.2) is 12.4 Å². The fraction of sp³-hybridized carbons (Fsp3) is 0.316. The fourth-order valence-electron chi connectivity index (χ4n) is 3.36. The van der Waals surface area contributed by atoms with Crippen LogP contribution in [-0.4, -0.2) is 49.5 Å². The first-order valence-corrected chi connectivity index (χ1v) is 10.0. The quantitative estimate of drug-likeness (QED) is 0.689. The van der Waals surface area contributed by atoms with Crippen LogP contribution in [0.3, 0.4) is 0 Å². The Morgan fingerprint density at radius 1 is 1.23 bits per heavy atom. The molecule has 0 unspecified atom stereocenters. The van der Waals surface area contributed by atoms with Gasteiger partial charge >= 0.3 is 0 Å². The van der Waals surface area contributed by atoms with Crippen molar-refractivity contribution in [2.45, 2.75) is 17.7 Å². The predicted octanol–water partition coefficient (Wildman–Crippen LogP) is 2.31. The summed E-state index contributed by atoms with van der Waals surface area (Å²) < 4.78 is 33.8. The summed E-state index contributed by atoms with van der Waals surface area (Å²) in [6.45, 7) is 1.34. The number of likely N-dealkylation sites (N-methyl/N-ethyl adjacent to an activating group) is 1. The van der Waals surface area contributed by atoms with Gasteiger partial charge in [0.15, 0.2) is 0 Å². The molecule has 0 saturated carbocycles. The number of hydrogen-bond acceptors (Lipinski definition) is 5. The Morgan fingerprint density at radius 2 is 2.08 bits per heavy atom. The molecule has 4 rings (SSSR count). The number of hydrogen-bond donors (Lipinski definition) is 0. The van der Waals surface area contributed by atoms with Crippen LogP contribution in [0.15, 0.2) is 47.6 Å². The maximum atomic E-state index is 13.4. The summed E-state index contributed by atoms with van der Waals surface area (Å²) in [7, 11) is 0.268. The third kappa shape index (κ3) is 2.77.